The van der Waals surface area contributed by atoms with E-state index in [1.165, 1.54) is 0 Å². The van der Waals surface area contributed by atoms with Gasteiger partial charge >= 0.3 is 0 Å². The minimum Gasteiger partial charge on any atom is -0.507 e. The lowest BCUT2D eigenvalue weighted by Gasteiger charge is -2.10. The largest absolute Gasteiger partial charge is 0.507 e. The van der Waals surface area contributed by atoms with E-state index in [1.54, 1.807) is 19.4 Å². The zero-order valence-corrected chi connectivity index (χ0v) is 13.9. The SMILES string of the molecule is COc1ccc2c(O)cc(-c3cnn(CC(C)C)c3)nc2c1C. The van der Waals surface area contributed by atoms with Crippen LogP contribution in [0, 0.1) is 12.8 Å². The zero-order valence-electron chi connectivity index (χ0n) is 13.9. The minimum atomic E-state index is 0.215. The van der Waals surface area contributed by atoms with E-state index in [-0.39, 0.29) is 5.75 Å². The van der Waals surface area contributed by atoms with Crippen molar-refractivity contribution in [1.29, 1.82) is 0 Å². The smallest absolute Gasteiger partial charge is 0.127 e. The van der Waals surface area contributed by atoms with Crippen molar-refractivity contribution in [3.8, 4) is 22.8 Å². The van der Waals surface area contributed by atoms with Crippen LogP contribution in [0.25, 0.3) is 22.2 Å². The molecule has 0 fully saturated rings. The molecule has 0 aliphatic heterocycles. The number of aromatic nitrogens is 3. The molecule has 0 saturated heterocycles. The molecular weight excluding hydrogens is 290 g/mol. The van der Waals surface area contributed by atoms with E-state index in [9.17, 15) is 5.11 Å². The van der Waals surface area contributed by atoms with Crippen LogP contribution in [0.4, 0.5) is 0 Å². The van der Waals surface area contributed by atoms with Crippen LogP contribution in [-0.4, -0.2) is 27.0 Å². The number of fused-ring (bicyclic) bond motifs is 1. The molecule has 0 aliphatic rings. The monoisotopic (exact) mass is 311 g/mol. The summed E-state index contributed by atoms with van der Waals surface area (Å²) in [6, 6.07) is 5.36. The van der Waals surface area contributed by atoms with Gasteiger partial charge in [-0.2, -0.15) is 5.10 Å². The molecule has 0 unspecified atom stereocenters. The molecule has 23 heavy (non-hydrogen) atoms. The van der Waals surface area contributed by atoms with Crippen LogP contribution in [0.1, 0.15) is 19.4 Å². The second-order valence-corrected chi connectivity index (χ2v) is 6.16. The van der Waals surface area contributed by atoms with E-state index >= 15 is 0 Å². The molecule has 1 aromatic carbocycles. The summed E-state index contributed by atoms with van der Waals surface area (Å²) in [5.74, 6) is 1.50. The maximum Gasteiger partial charge on any atom is 0.127 e. The van der Waals surface area contributed by atoms with Gasteiger partial charge in [-0.3, -0.25) is 4.68 Å². The van der Waals surface area contributed by atoms with Crippen LogP contribution in [0.3, 0.4) is 0 Å². The van der Waals surface area contributed by atoms with Gasteiger partial charge in [-0.25, -0.2) is 4.98 Å². The lowest BCUT2D eigenvalue weighted by Crippen LogP contribution is -2.04. The normalized spacial score (nSPS) is 11.3. The Morgan fingerprint density at radius 2 is 2.09 bits per heavy atom. The summed E-state index contributed by atoms with van der Waals surface area (Å²) in [6.07, 6.45) is 3.74. The first-order valence-electron chi connectivity index (χ1n) is 7.69. The average molecular weight is 311 g/mol. The van der Waals surface area contributed by atoms with Gasteiger partial charge in [-0.05, 0) is 25.0 Å². The van der Waals surface area contributed by atoms with E-state index in [0.717, 1.165) is 34.3 Å². The Morgan fingerprint density at radius 1 is 1.30 bits per heavy atom. The molecule has 5 heteroatoms. The molecule has 0 saturated carbocycles. The molecular formula is C18H21N3O2. The third-order valence-electron chi connectivity index (χ3n) is 3.86. The molecule has 0 aliphatic carbocycles. The zero-order chi connectivity index (χ0) is 16.6. The minimum absolute atomic E-state index is 0.215. The van der Waals surface area contributed by atoms with Crippen molar-refractivity contribution in [2.75, 3.05) is 7.11 Å². The standard InChI is InChI=1S/C18H21N3O2/c1-11(2)9-21-10-13(8-19-21)15-7-16(22)14-5-6-17(23-4)12(3)18(14)20-15/h5-8,10-11H,9H2,1-4H3,(H,20,22). The summed E-state index contributed by atoms with van der Waals surface area (Å²) >= 11 is 0. The van der Waals surface area contributed by atoms with Crippen LogP contribution in [0.5, 0.6) is 11.5 Å². The predicted molar refractivity (Wildman–Crippen MR) is 90.8 cm³/mol. The molecule has 0 atom stereocenters. The topological polar surface area (TPSA) is 60.2 Å². The van der Waals surface area contributed by atoms with Crippen molar-refractivity contribution in [2.45, 2.75) is 27.3 Å². The molecule has 5 nitrogen and oxygen atoms in total. The first kappa shape index (κ1) is 15.3. The number of benzene rings is 1. The number of hydrogen-bond donors (Lipinski definition) is 1. The Morgan fingerprint density at radius 3 is 2.78 bits per heavy atom. The number of aromatic hydroxyl groups is 1. The van der Waals surface area contributed by atoms with Gasteiger partial charge in [-0.1, -0.05) is 13.8 Å². The van der Waals surface area contributed by atoms with Crippen LogP contribution in [-0.2, 0) is 6.54 Å². The fraction of sp³-hybridized carbons (Fsp3) is 0.333. The van der Waals surface area contributed by atoms with E-state index < -0.39 is 0 Å². The summed E-state index contributed by atoms with van der Waals surface area (Å²) in [4.78, 5) is 4.71. The van der Waals surface area contributed by atoms with Crippen molar-refractivity contribution in [3.63, 3.8) is 0 Å². The highest BCUT2D eigenvalue weighted by Gasteiger charge is 2.13. The molecule has 0 amide bonds. The molecule has 2 heterocycles. The van der Waals surface area contributed by atoms with Crippen molar-refractivity contribution in [2.24, 2.45) is 5.92 Å². The van der Waals surface area contributed by atoms with Crippen molar-refractivity contribution < 1.29 is 9.84 Å². The van der Waals surface area contributed by atoms with Crippen LogP contribution in [0.2, 0.25) is 0 Å². The number of pyridine rings is 1. The quantitative estimate of drug-likeness (QED) is 0.796. The van der Waals surface area contributed by atoms with Crippen LogP contribution < -0.4 is 4.74 Å². The molecule has 120 valence electrons. The number of nitrogens with zero attached hydrogens (tertiary/aromatic N) is 3. The first-order valence-corrected chi connectivity index (χ1v) is 7.69. The van der Waals surface area contributed by atoms with Gasteiger partial charge in [0.15, 0.2) is 0 Å². The third-order valence-corrected chi connectivity index (χ3v) is 3.86. The second-order valence-electron chi connectivity index (χ2n) is 6.16. The Balaban J connectivity index is 2.11. The second kappa shape index (κ2) is 5.91. The number of methoxy groups -OCH3 is 1. The molecule has 3 aromatic rings. The maximum absolute atomic E-state index is 10.3. The van der Waals surface area contributed by atoms with Crippen molar-refractivity contribution in [1.82, 2.24) is 14.8 Å². The molecule has 1 N–H and O–H groups in total. The predicted octanol–water partition coefficient (Wildman–Crippen LogP) is 3.78. The van der Waals surface area contributed by atoms with E-state index in [2.05, 4.69) is 18.9 Å². The van der Waals surface area contributed by atoms with Crippen LogP contribution in [0.15, 0.2) is 30.6 Å². The van der Waals surface area contributed by atoms with Gasteiger partial charge in [-0.15, -0.1) is 0 Å². The van der Waals surface area contributed by atoms with Gasteiger partial charge in [0.05, 0.1) is 24.5 Å². The number of aryl methyl sites for hydroxylation is 1. The van der Waals surface area contributed by atoms with Crippen LogP contribution >= 0.6 is 0 Å². The Kier molecular flexibility index (Phi) is 3.94. The molecule has 0 spiro atoms. The van der Waals surface area contributed by atoms with Gasteiger partial charge < -0.3 is 9.84 Å². The Hall–Kier alpha value is -2.56. The maximum atomic E-state index is 10.3. The molecule has 3 rings (SSSR count). The summed E-state index contributed by atoms with van der Waals surface area (Å²) < 4.78 is 7.25. The van der Waals surface area contributed by atoms with Gasteiger partial charge in [0.25, 0.3) is 0 Å². The third kappa shape index (κ3) is 2.86. The summed E-state index contributed by atoms with van der Waals surface area (Å²) in [5.41, 5.74) is 3.26. The molecule has 0 radical (unpaired) electrons. The Labute approximate surface area is 135 Å². The lowest BCUT2D eigenvalue weighted by molar-refractivity contribution is 0.412. The van der Waals surface area contributed by atoms with Gasteiger partial charge in [0, 0.05) is 35.3 Å². The summed E-state index contributed by atoms with van der Waals surface area (Å²) in [7, 11) is 1.63. The number of hydrogen-bond acceptors (Lipinski definition) is 4. The van der Waals surface area contributed by atoms with E-state index in [1.807, 2.05) is 29.9 Å². The summed E-state index contributed by atoms with van der Waals surface area (Å²) in [6.45, 7) is 7.10. The molecule has 2 aromatic heterocycles. The summed E-state index contributed by atoms with van der Waals surface area (Å²) in [5, 5.41) is 15.4. The number of rotatable bonds is 4. The van der Waals surface area contributed by atoms with Gasteiger partial charge in [0.1, 0.15) is 11.5 Å². The highest BCUT2D eigenvalue weighted by Crippen LogP contribution is 2.34. The van der Waals surface area contributed by atoms with E-state index in [0.29, 0.717) is 11.6 Å². The molecule has 0 bridgehead atoms. The fourth-order valence-electron chi connectivity index (χ4n) is 2.73. The van der Waals surface area contributed by atoms with Crippen molar-refractivity contribution in [3.05, 3.63) is 36.2 Å². The average Bonchev–Trinajstić information content (AvgIpc) is 2.96. The fourth-order valence-corrected chi connectivity index (χ4v) is 2.73. The highest BCUT2D eigenvalue weighted by atomic mass is 16.5. The van der Waals surface area contributed by atoms with Gasteiger partial charge in [0.2, 0.25) is 0 Å². The lowest BCUT2D eigenvalue weighted by atomic mass is 10.1. The van der Waals surface area contributed by atoms with E-state index in [4.69, 9.17) is 9.72 Å². The first-order chi connectivity index (χ1) is 11.0. The Bertz CT molecular complexity index is 853. The number of ether oxygens (including phenoxy) is 1. The highest BCUT2D eigenvalue weighted by molar-refractivity contribution is 5.91. The van der Waals surface area contributed by atoms with Crippen molar-refractivity contribution >= 4 is 10.9 Å².